The van der Waals surface area contributed by atoms with Gasteiger partial charge in [0.25, 0.3) is 0 Å². The average molecular weight is 390 g/mol. The normalized spacial score (nSPS) is 13.7. The Kier molecular flexibility index (Phi) is 5.37. The zero-order chi connectivity index (χ0) is 20.2. The summed E-state index contributed by atoms with van der Waals surface area (Å²) in [6, 6.07) is 15.4. The Morgan fingerprint density at radius 2 is 1.93 bits per heavy atom. The topological polar surface area (TPSA) is 84.4 Å². The summed E-state index contributed by atoms with van der Waals surface area (Å²) in [5.41, 5.74) is 3.42. The highest BCUT2D eigenvalue weighted by Gasteiger charge is 2.21. The number of esters is 1. The fourth-order valence-electron chi connectivity index (χ4n) is 3.48. The Morgan fingerprint density at radius 1 is 1.14 bits per heavy atom. The first kappa shape index (κ1) is 18.9. The molecule has 4 rings (SSSR count). The van der Waals surface area contributed by atoms with E-state index in [2.05, 4.69) is 15.5 Å². The van der Waals surface area contributed by atoms with E-state index in [4.69, 9.17) is 4.74 Å². The van der Waals surface area contributed by atoms with Crippen LogP contribution in [0.25, 0.3) is 10.9 Å². The van der Waals surface area contributed by atoms with Crippen LogP contribution < -0.4 is 10.2 Å². The van der Waals surface area contributed by atoms with Gasteiger partial charge in [-0.3, -0.25) is 4.79 Å². The Morgan fingerprint density at radius 3 is 2.66 bits per heavy atom. The fraction of sp³-hybridized carbons (Fsp3) is 0.273. The number of carbonyl (C=O) groups is 2. The van der Waals surface area contributed by atoms with Crippen molar-refractivity contribution in [3.8, 4) is 0 Å². The second kappa shape index (κ2) is 8.26. The van der Waals surface area contributed by atoms with E-state index in [-0.39, 0.29) is 18.2 Å². The van der Waals surface area contributed by atoms with Crippen LogP contribution in [0.3, 0.4) is 0 Å². The maximum Gasteiger partial charge on any atom is 0.361 e. The van der Waals surface area contributed by atoms with E-state index >= 15 is 0 Å². The van der Waals surface area contributed by atoms with Crippen LogP contribution in [0, 0.1) is 0 Å². The molecule has 0 saturated carbocycles. The molecule has 148 valence electrons. The second-order valence-corrected chi connectivity index (χ2v) is 6.83. The molecule has 1 amide bonds. The van der Waals surface area contributed by atoms with Gasteiger partial charge in [-0.15, -0.1) is 10.2 Å². The number of aromatic nitrogens is 2. The molecule has 0 spiro atoms. The lowest BCUT2D eigenvalue weighted by Crippen LogP contribution is -2.23. The van der Waals surface area contributed by atoms with E-state index in [9.17, 15) is 9.59 Å². The number of ether oxygens (including phenoxy) is 1. The van der Waals surface area contributed by atoms with Crippen LogP contribution in [0.2, 0.25) is 0 Å². The molecule has 1 aromatic heterocycles. The van der Waals surface area contributed by atoms with Crippen LogP contribution in [-0.2, 0) is 16.1 Å². The van der Waals surface area contributed by atoms with Crippen molar-refractivity contribution in [2.45, 2.75) is 26.3 Å². The molecule has 1 fully saturated rings. The standard InChI is InChI=1S/C22H22N4O3/c1-2-29-22(28)21-20(17-6-3-4-7-18(17)24-25-21)23-14-15-9-11-16(12-10-15)26-13-5-8-19(26)27/h3-4,6-7,9-12H,2,5,8,13-14H2,1H3,(H,23,24). The molecule has 0 unspecified atom stereocenters. The van der Waals surface area contributed by atoms with Crippen LogP contribution in [-0.4, -0.2) is 35.2 Å². The van der Waals surface area contributed by atoms with Gasteiger partial charge in [-0.2, -0.15) is 0 Å². The summed E-state index contributed by atoms with van der Waals surface area (Å²) in [7, 11) is 0. The van der Waals surface area contributed by atoms with Gasteiger partial charge in [0, 0.05) is 30.6 Å². The molecule has 7 nitrogen and oxygen atoms in total. The molecule has 1 saturated heterocycles. The van der Waals surface area contributed by atoms with Gasteiger partial charge in [0.15, 0.2) is 5.69 Å². The second-order valence-electron chi connectivity index (χ2n) is 6.83. The first-order valence-corrected chi connectivity index (χ1v) is 9.73. The Balaban J connectivity index is 1.58. The van der Waals surface area contributed by atoms with E-state index in [1.807, 2.05) is 53.4 Å². The third kappa shape index (κ3) is 3.89. The van der Waals surface area contributed by atoms with Crippen LogP contribution in [0.1, 0.15) is 35.8 Å². The highest BCUT2D eigenvalue weighted by atomic mass is 16.5. The van der Waals surface area contributed by atoms with E-state index in [0.29, 0.717) is 24.2 Å². The van der Waals surface area contributed by atoms with Gasteiger partial charge >= 0.3 is 5.97 Å². The zero-order valence-electron chi connectivity index (χ0n) is 16.2. The predicted octanol–water partition coefficient (Wildman–Crippen LogP) is 3.55. The van der Waals surface area contributed by atoms with E-state index in [1.165, 1.54) is 0 Å². The zero-order valence-corrected chi connectivity index (χ0v) is 16.2. The molecule has 1 aliphatic heterocycles. The molecule has 29 heavy (non-hydrogen) atoms. The van der Waals surface area contributed by atoms with Crippen LogP contribution >= 0.6 is 0 Å². The molecule has 1 N–H and O–H groups in total. The molecule has 0 atom stereocenters. The van der Waals surface area contributed by atoms with Gasteiger partial charge in [0.1, 0.15) is 0 Å². The first-order chi connectivity index (χ1) is 14.2. The SMILES string of the molecule is CCOC(=O)c1nnc2ccccc2c1NCc1ccc(N2CCCC2=O)cc1. The van der Waals surface area contributed by atoms with E-state index in [1.54, 1.807) is 6.92 Å². The molecular formula is C22H22N4O3. The summed E-state index contributed by atoms with van der Waals surface area (Å²) in [5, 5.41) is 12.4. The van der Waals surface area contributed by atoms with Gasteiger partial charge < -0.3 is 15.0 Å². The summed E-state index contributed by atoms with van der Waals surface area (Å²) < 4.78 is 5.13. The van der Waals surface area contributed by atoms with Crippen LogP contribution in [0.5, 0.6) is 0 Å². The van der Waals surface area contributed by atoms with Gasteiger partial charge in [0.2, 0.25) is 5.91 Å². The van der Waals surface area contributed by atoms with Crippen molar-refractivity contribution < 1.29 is 14.3 Å². The van der Waals surface area contributed by atoms with Crippen molar-refractivity contribution in [2.24, 2.45) is 0 Å². The molecule has 3 aromatic rings. The minimum Gasteiger partial charge on any atom is -0.461 e. The number of nitrogens with one attached hydrogen (secondary N) is 1. The molecule has 7 heteroatoms. The Bertz CT molecular complexity index is 1050. The van der Waals surface area contributed by atoms with Crippen LogP contribution in [0.15, 0.2) is 48.5 Å². The monoisotopic (exact) mass is 390 g/mol. The average Bonchev–Trinajstić information content (AvgIpc) is 3.18. The summed E-state index contributed by atoms with van der Waals surface area (Å²) in [5.74, 6) is -0.333. The number of benzene rings is 2. The van der Waals surface area contributed by atoms with Gasteiger partial charge in [-0.25, -0.2) is 4.79 Å². The van der Waals surface area contributed by atoms with Gasteiger partial charge in [-0.05, 0) is 37.1 Å². The number of rotatable bonds is 6. The minimum atomic E-state index is -0.504. The minimum absolute atomic E-state index is 0.171. The predicted molar refractivity (Wildman–Crippen MR) is 111 cm³/mol. The molecule has 0 aliphatic carbocycles. The van der Waals surface area contributed by atoms with Crippen molar-refractivity contribution >= 4 is 34.2 Å². The third-order valence-corrected chi connectivity index (χ3v) is 4.93. The molecular weight excluding hydrogens is 368 g/mol. The number of fused-ring (bicyclic) bond motifs is 1. The van der Waals surface area contributed by atoms with E-state index in [0.717, 1.165) is 29.6 Å². The fourth-order valence-corrected chi connectivity index (χ4v) is 3.48. The lowest BCUT2D eigenvalue weighted by molar-refractivity contribution is -0.117. The summed E-state index contributed by atoms with van der Waals surface area (Å²) >= 11 is 0. The lowest BCUT2D eigenvalue weighted by atomic mass is 10.1. The number of hydrogen-bond acceptors (Lipinski definition) is 6. The van der Waals surface area contributed by atoms with Gasteiger partial charge in [0.05, 0.1) is 17.8 Å². The van der Waals surface area contributed by atoms with Crippen molar-refractivity contribution in [1.82, 2.24) is 10.2 Å². The van der Waals surface area contributed by atoms with Crippen molar-refractivity contribution in [2.75, 3.05) is 23.4 Å². The van der Waals surface area contributed by atoms with Crippen molar-refractivity contribution in [1.29, 1.82) is 0 Å². The molecule has 2 heterocycles. The van der Waals surface area contributed by atoms with Gasteiger partial charge in [-0.1, -0.05) is 30.3 Å². The van der Waals surface area contributed by atoms with E-state index < -0.39 is 5.97 Å². The molecule has 2 aromatic carbocycles. The van der Waals surface area contributed by atoms with Crippen molar-refractivity contribution in [3.05, 3.63) is 59.8 Å². The number of hydrogen-bond donors (Lipinski definition) is 1. The lowest BCUT2D eigenvalue weighted by Gasteiger charge is -2.16. The largest absolute Gasteiger partial charge is 0.461 e. The maximum absolute atomic E-state index is 12.3. The highest BCUT2D eigenvalue weighted by molar-refractivity contribution is 6.03. The molecule has 0 bridgehead atoms. The highest BCUT2D eigenvalue weighted by Crippen LogP contribution is 2.26. The van der Waals surface area contributed by atoms with Crippen molar-refractivity contribution in [3.63, 3.8) is 0 Å². The third-order valence-electron chi connectivity index (χ3n) is 4.93. The molecule has 1 aliphatic rings. The summed E-state index contributed by atoms with van der Waals surface area (Å²) in [6.07, 6.45) is 1.52. The molecule has 0 radical (unpaired) electrons. The number of anilines is 2. The number of nitrogens with zero attached hydrogens (tertiary/aromatic N) is 3. The Labute approximate surface area is 168 Å². The first-order valence-electron chi connectivity index (χ1n) is 9.73. The summed E-state index contributed by atoms with van der Waals surface area (Å²) in [4.78, 5) is 26.1. The van der Waals surface area contributed by atoms with Crippen LogP contribution in [0.4, 0.5) is 11.4 Å². The number of carbonyl (C=O) groups excluding carboxylic acids is 2. The quantitative estimate of drug-likeness (QED) is 0.648. The summed E-state index contributed by atoms with van der Waals surface area (Å²) in [6.45, 7) is 3.29. The Hall–Kier alpha value is -3.48. The smallest absolute Gasteiger partial charge is 0.361 e. The number of amides is 1. The maximum atomic E-state index is 12.3.